The minimum Gasteiger partial charge on any atom is -0.350 e. The van der Waals surface area contributed by atoms with Crippen LogP contribution in [0.2, 0.25) is 0 Å². The number of hydrogen-bond donors (Lipinski definition) is 0. The van der Waals surface area contributed by atoms with Gasteiger partial charge in [0.15, 0.2) is 6.29 Å². The van der Waals surface area contributed by atoms with Gasteiger partial charge in [0, 0.05) is 6.42 Å². The van der Waals surface area contributed by atoms with Gasteiger partial charge in [0.1, 0.15) is 0 Å². The topological polar surface area (TPSA) is 18.5 Å². The van der Waals surface area contributed by atoms with Crippen molar-refractivity contribution in [3.05, 3.63) is 12.7 Å². The Morgan fingerprint density at radius 1 is 1.17 bits per heavy atom. The highest BCUT2D eigenvalue weighted by molar-refractivity contribution is 8.18. The second-order valence-corrected chi connectivity index (χ2v) is 8.07. The Labute approximate surface area is 119 Å². The van der Waals surface area contributed by atoms with Crippen molar-refractivity contribution in [3.8, 4) is 0 Å². The van der Waals surface area contributed by atoms with Gasteiger partial charge < -0.3 is 9.47 Å². The molecule has 104 valence electrons. The van der Waals surface area contributed by atoms with Gasteiger partial charge in [0.05, 0.1) is 17.3 Å². The van der Waals surface area contributed by atoms with Gasteiger partial charge in [-0.1, -0.05) is 6.08 Å². The van der Waals surface area contributed by atoms with Crippen LogP contribution in [-0.2, 0) is 9.47 Å². The standard InChI is InChI=1S/C14H24O2S2/c1-2-3-4-7-14(17-11-5-12-18-14)8-6-13-15-9-10-16-13/h2,13H,1,3-12H2. The average molecular weight is 288 g/mol. The molecule has 0 aromatic carbocycles. The lowest BCUT2D eigenvalue weighted by Crippen LogP contribution is -2.27. The highest BCUT2D eigenvalue weighted by Gasteiger charge is 2.34. The Morgan fingerprint density at radius 3 is 2.56 bits per heavy atom. The summed E-state index contributed by atoms with van der Waals surface area (Å²) in [6.45, 7) is 5.37. The molecule has 0 unspecified atom stereocenters. The van der Waals surface area contributed by atoms with Crippen molar-refractivity contribution in [2.45, 2.75) is 48.9 Å². The first-order valence-electron chi connectivity index (χ1n) is 6.97. The molecule has 2 rings (SSSR count). The van der Waals surface area contributed by atoms with Gasteiger partial charge >= 0.3 is 0 Å². The third kappa shape index (κ3) is 4.48. The van der Waals surface area contributed by atoms with Gasteiger partial charge in [-0.3, -0.25) is 0 Å². The number of allylic oxidation sites excluding steroid dienone is 1. The van der Waals surface area contributed by atoms with Gasteiger partial charge in [0.2, 0.25) is 0 Å². The van der Waals surface area contributed by atoms with Crippen LogP contribution in [-0.4, -0.2) is 35.1 Å². The number of rotatable bonds is 7. The predicted molar refractivity (Wildman–Crippen MR) is 81.2 cm³/mol. The highest BCUT2D eigenvalue weighted by atomic mass is 32.2. The van der Waals surface area contributed by atoms with Gasteiger partial charge in [-0.2, -0.15) is 0 Å². The summed E-state index contributed by atoms with van der Waals surface area (Å²) >= 11 is 4.32. The lowest BCUT2D eigenvalue weighted by atomic mass is 10.1. The maximum Gasteiger partial charge on any atom is 0.157 e. The third-order valence-electron chi connectivity index (χ3n) is 3.44. The van der Waals surface area contributed by atoms with E-state index in [1.165, 1.54) is 37.2 Å². The van der Waals surface area contributed by atoms with E-state index in [9.17, 15) is 0 Å². The molecule has 2 saturated heterocycles. The first-order chi connectivity index (χ1) is 8.85. The molecule has 2 heterocycles. The quantitative estimate of drug-likeness (QED) is 0.519. The van der Waals surface area contributed by atoms with Crippen molar-refractivity contribution < 1.29 is 9.47 Å². The monoisotopic (exact) mass is 288 g/mol. The zero-order valence-corrected chi connectivity index (χ0v) is 12.7. The minimum atomic E-state index is 0.0596. The van der Waals surface area contributed by atoms with Gasteiger partial charge in [0.25, 0.3) is 0 Å². The summed E-state index contributed by atoms with van der Waals surface area (Å²) < 4.78 is 11.5. The largest absolute Gasteiger partial charge is 0.350 e. The molecule has 0 aromatic heterocycles. The lowest BCUT2D eigenvalue weighted by Gasteiger charge is -2.36. The van der Waals surface area contributed by atoms with Crippen molar-refractivity contribution in [1.82, 2.24) is 0 Å². The second-order valence-electron chi connectivity index (χ2n) is 4.85. The zero-order chi connectivity index (χ0) is 12.7. The van der Waals surface area contributed by atoms with Crippen molar-refractivity contribution >= 4 is 23.5 Å². The summed E-state index contributed by atoms with van der Waals surface area (Å²) in [5.74, 6) is 2.63. The van der Waals surface area contributed by atoms with Crippen molar-refractivity contribution in [2.75, 3.05) is 24.7 Å². The summed E-state index contributed by atoms with van der Waals surface area (Å²) in [6, 6.07) is 0. The summed E-state index contributed by atoms with van der Waals surface area (Å²) in [5, 5.41) is 0. The third-order valence-corrected chi connectivity index (χ3v) is 7.00. The summed E-state index contributed by atoms with van der Waals surface area (Å²) in [7, 11) is 0. The van der Waals surface area contributed by atoms with Crippen LogP contribution in [0.5, 0.6) is 0 Å². The van der Waals surface area contributed by atoms with Crippen LogP contribution in [0, 0.1) is 0 Å². The number of unbranched alkanes of at least 4 members (excludes halogenated alkanes) is 1. The molecule has 0 saturated carbocycles. The normalized spacial score (nSPS) is 24.2. The van der Waals surface area contributed by atoms with E-state index >= 15 is 0 Å². The zero-order valence-electron chi connectivity index (χ0n) is 11.1. The smallest absolute Gasteiger partial charge is 0.157 e. The van der Waals surface area contributed by atoms with E-state index in [0.717, 1.165) is 26.1 Å². The van der Waals surface area contributed by atoms with E-state index in [1.54, 1.807) is 0 Å². The molecule has 0 amide bonds. The molecule has 4 heteroatoms. The molecule has 2 fully saturated rings. The van der Waals surface area contributed by atoms with Crippen LogP contribution < -0.4 is 0 Å². The van der Waals surface area contributed by atoms with E-state index in [1.807, 2.05) is 6.08 Å². The lowest BCUT2D eigenvalue weighted by molar-refractivity contribution is -0.0481. The number of ether oxygens (including phenoxy) is 2. The van der Waals surface area contributed by atoms with E-state index in [4.69, 9.17) is 9.47 Å². The number of thioether (sulfide) groups is 2. The molecule has 0 spiro atoms. The van der Waals surface area contributed by atoms with Crippen molar-refractivity contribution in [3.63, 3.8) is 0 Å². The highest BCUT2D eigenvalue weighted by Crippen LogP contribution is 2.49. The Morgan fingerprint density at radius 2 is 1.89 bits per heavy atom. The molecule has 0 aliphatic carbocycles. The van der Waals surface area contributed by atoms with Crippen LogP contribution in [0.15, 0.2) is 12.7 Å². The van der Waals surface area contributed by atoms with E-state index in [0.29, 0.717) is 4.08 Å². The molecular formula is C14H24O2S2. The first-order valence-corrected chi connectivity index (χ1v) is 8.94. The van der Waals surface area contributed by atoms with Gasteiger partial charge in [-0.15, -0.1) is 30.1 Å². The molecular weight excluding hydrogens is 264 g/mol. The van der Waals surface area contributed by atoms with Crippen LogP contribution >= 0.6 is 23.5 Å². The van der Waals surface area contributed by atoms with Crippen LogP contribution in [0.1, 0.15) is 38.5 Å². The van der Waals surface area contributed by atoms with E-state index < -0.39 is 0 Å². The van der Waals surface area contributed by atoms with Crippen molar-refractivity contribution in [2.24, 2.45) is 0 Å². The fourth-order valence-electron chi connectivity index (χ4n) is 2.46. The Bertz CT molecular complexity index is 246. The van der Waals surface area contributed by atoms with Gasteiger partial charge in [-0.25, -0.2) is 0 Å². The molecule has 0 aromatic rings. The summed E-state index contributed by atoms with van der Waals surface area (Å²) in [5.41, 5.74) is 0. The average Bonchev–Trinajstić information content (AvgIpc) is 2.91. The van der Waals surface area contributed by atoms with Crippen molar-refractivity contribution in [1.29, 1.82) is 0 Å². The summed E-state index contributed by atoms with van der Waals surface area (Å²) in [4.78, 5) is 0. The number of hydrogen-bond acceptors (Lipinski definition) is 4. The fraction of sp³-hybridized carbons (Fsp3) is 0.857. The first kappa shape index (κ1) is 14.8. The Hall–Kier alpha value is 0.360. The molecule has 18 heavy (non-hydrogen) atoms. The van der Waals surface area contributed by atoms with Crippen LogP contribution in [0.25, 0.3) is 0 Å². The van der Waals surface area contributed by atoms with Gasteiger partial charge in [-0.05, 0) is 43.6 Å². The van der Waals surface area contributed by atoms with E-state index in [2.05, 4.69) is 30.1 Å². The molecule has 0 N–H and O–H groups in total. The molecule has 0 bridgehead atoms. The van der Waals surface area contributed by atoms with Crippen LogP contribution in [0.3, 0.4) is 0 Å². The van der Waals surface area contributed by atoms with Crippen LogP contribution in [0.4, 0.5) is 0 Å². The predicted octanol–water partition coefficient (Wildman–Crippen LogP) is 4.06. The molecule has 2 nitrogen and oxygen atoms in total. The maximum absolute atomic E-state index is 5.56. The molecule has 2 aliphatic heterocycles. The second kappa shape index (κ2) is 7.83. The molecule has 0 atom stereocenters. The Kier molecular flexibility index (Phi) is 6.42. The van der Waals surface area contributed by atoms with E-state index in [-0.39, 0.29) is 6.29 Å². The minimum absolute atomic E-state index is 0.0596. The fourth-order valence-corrected chi connectivity index (χ4v) is 5.90. The SMILES string of the molecule is C=CCCCC1(CCC2OCCO2)SCCCS1. The maximum atomic E-state index is 5.56. The summed E-state index contributed by atoms with van der Waals surface area (Å²) in [6.07, 6.45) is 9.41. The Balaban J connectivity index is 1.80. The molecule has 2 aliphatic rings. The molecule has 0 radical (unpaired) electrons.